The van der Waals surface area contributed by atoms with Gasteiger partial charge in [0.25, 0.3) is 0 Å². The van der Waals surface area contributed by atoms with Crippen molar-refractivity contribution in [2.45, 2.75) is 45.0 Å². The van der Waals surface area contributed by atoms with Crippen molar-refractivity contribution >= 4 is 17.5 Å². The molecule has 3 rings (SSSR count). The summed E-state index contributed by atoms with van der Waals surface area (Å²) in [6, 6.07) is 14.5. The molecule has 1 unspecified atom stereocenters. The van der Waals surface area contributed by atoms with E-state index in [0.29, 0.717) is 12.6 Å². The number of hydrogen-bond donors (Lipinski definition) is 4. The smallest absolute Gasteiger partial charge is 0.391 e. The van der Waals surface area contributed by atoms with Gasteiger partial charge < -0.3 is 21.5 Å². The molecule has 0 aliphatic heterocycles. The number of anilines is 1. The summed E-state index contributed by atoms with van der Waals surface area (Å²) in [6.07, 6.45) is -5.85. The third-order valence-corrected chi connectivity index (χ3v) is 6.73. The van der Waals surface area contributed by atoms with Crippen LogP contribution in [0.15, 0.2) is 66.7 Å². The Labute approximate surface area is 234 Å². The molecule has 6 nitrogen and oxygen atoms in total. The lowest BCUT2D eigenvalue weighted by Gasteiger charge is -2.29. The van der Waals surface area contributed by atoms with Crippen molar-refractivity contribution in [2.24, 2.45) is 17.6 Å². The highest BCUT2D eigenvalue weighted by atomic mass is 19.4. The first-order chi connectivity index (χ1) is 19.3. The Hall–Kier alpha value is -3.83. The number of alkyl halides is 3. The Kier molecular flexibility index (Phi) is 11.0. The third kappa shape index (κ3) is 9.65. The van der Waals surface area contributed by atoms with Crippen molar-refractivity contribution < 1.29 is 36.6 Å². The van der Waals surface area contributed by atoms with Gasteiger partial charge in [0.1, 0.15) is 11.6 Å². The second-order valence-electron chi connectivity index (χ2n) is 9.86. The number of amides is 2. The van der Waals surface area contributed by atoms with E-state index in [1.807, 2.05) is 31.2 Å². The minimum atomic E-state index is -4.63. The van der Waals surface area contributed by atoms with Gasteiger partial charge in [-0.15, -0.1) is 0 Å². The zero-order valence-corrected chi connectivity index (χ0v) is 22.3. The summed E-state index contributed by atoms with van der Waals surface area (Å²) < 4.78 is 67.0. The number of halogens is 5. The van der Waals surface area contributed by atoms with Crippen LogP contribution in [0.5, 0.6) is 0 Å². The van der Waals surface area contributed by atoms with Crippen LogP contribution >= 0.6 is 0 Å². The maximum Gasteiger partial charge on any atom is 0.416 e. The van der Waals surface area contributed by atoms with Gasteiger partial charge in [-0.1, -0.05) is 37.3 Å². The second kappa shape index (κ2) is 14.2. The lowest BCUT2D eigenvalue weighted by molar-refractivity contribution is -0.137. The first-order valence-electron chi connectivity index (χ1n) is 13.0. The minimum absolute atomic E-state index is 0.0438. The molecule has 5 N–H and O–H groups in total. The van der Waals surface area contributed by atoms with E-state index >= 15 is 0 Å². The second-order valence-corrected chi connectivity index (χ2v) is 9.86. The SMILES string of the molecule is CCc1cccc(CNC[C@H](O)[C@@H](Cc2cc(F)cc(F)c2)C(CC(=O)Nc2cccc(C(F)(F)F)c2)C(N)=O)c1. The molecule has 3 atom stereocenters. The highest BCUT2D eigenvalue weighted by Gasteiger charge is 2.35. The number of nitrogens with one attached hydrogen (secondary N) is 2. The number of benzene rings is 3. The number of carbonyl (C=O) groups is 2. The summed E-state index contributed by atoms with van der Waals surface area (Å²) >= 11 is 0. The molecule has 0 bridgehead atoms. The summed E-state index contributed by atoms with van der Waals surface area (Å²) in [4.78, 5) is 25.3. The van der Waals surface area contributed by atoms with Crippen LogP contribution in [0, 0.1) is 23.5 Å². The van der Waals surface area contributed by atoms with Gasteiger partial charge >= 0.3 is 6.18 Å². The average Bonchev–Trinajstić information content (AvgIpc) is 2.89. The third-order valence-electron chi connectivity index (χ3n) is 6.73. The number of carbonyl (C=O) groups excluding carboxylic acids is 2. The topological polar surface area (TPSA) is 104 Å². The molecule has 220 valence electrons. The Morgan fingerprint density at radius 1 is 0.927 bits per heavy atom. The van der Waals surface area contributed by atoms with Crippen molar-refractivity contribution in [1.82, 2.24) is 5.32 Å². The van der Waals surface area contributed by atoms with Crippen LogP contribution in [0.25, 0.3) is 0 Å². The maximum absolute atomic E-state index is 13.9. The fourth-order valence-corrected chi connectivity index (χ4v) is 4.67. The summed E-state index contributed by atoms with van der Waals surface area (Å²) in [7, 11) is 0. The Bertz CT molecular complexity index is 1330. The standard InChI is InChI=1S/C30H32F5N3O3/c1-2-18-5-3-6-19(9-18)16-37-17-27(39)25(12-20-10-22(31)14-23(32)11-20)26(29(36)41)15-28(40)38-24-8-4-7-21(13-24)30(33,34)35/h3-11,13-14,25-27,37,39H,2,12,15-17H2,1H3,(H2,36,41)(H,38,40)/t25-,26?,27-/m0/s1. The van der Waals surface area contributed by atoms with Gasteiger partial charge in [0.15, 0.2) is 0 Å². The van der Waals surface area contributed by atoms with E-state index in [1.165, 1.54) is 6.07 Å². The molecule has 3 aromatic rings. The van der Waals surface area contributed by atoms with Crippen LogP contribution in [0.1, 0.15) is 35.6 Å². The molecule has 0 aliphatic carbocycles. The Morgan fingerprint density at radius 3 is 2.22 bits per heavy atom. The van der Waals surface area contributed by atoms with E-state index in [9.17, 15) is 36.6 Å². The van der Waals surface area contributed by atoms with E-state index in [1.54, 1.807) is 0 Å². The van der Waals surface area contributed by atoms with Gasteiger partial charge in [0.2, 0.25) is 11.8 Å². The maximum atomic E-state index is 13.9. The first-order valence-corrected chi connectivity index (χ1v) is 13.0. The summed E-state index contributed by atoms with van der Waals surface area (Å²) in [5.41, 5.74) is 6.70. The number of rotatable bonds is 13. The van der Waals surface area contributed by atoms with Crippen LogP contribution in [-0.2, 0) is 35.2 Å². The number of aliphatic hydroxyl groups is 1. The van der Waals surface area contributed by atoms with Gasteiger partial charge in [0, 0.05) is 37.2 Å². The number of primary amides is 1. The van der Waals surface area contributed by atoms with E-state index in [0.717, 1.165) is 47.9 Å². The van der Waals surface area contributed by atoms with Crippen LogP contribution < -0.4 is 16.4 Å². The molecule has 0 aliphatic rings. The minimum Gasteiger partial charge on any atom is -0.391 e. The molecular formula is C30H32F5N3O3. The Morgan fingerprint density at radius 2 is 1.59 bits per heavy atom. The summed E-state index contributed by atoms with van der Waals surface area (Å²) in [6.45, 7) is 2.35. The molecule has 0 saturated carbocycles. The van der Waals surface area contributed by atoms with Crippen LogP contribution in [-0.4, -0.2) is 29.6 Å². The molecule has 41 heavy (non-hydrogen) atoms. The average molecular weight is 578 g/mol. The normalized spacial score (nSPS) is 13.8. The fourth-order valence-electron chi connectivity index (χ4n) is 4.67. The number of aryl methyl sites for hydroxylation is 1. The molecule has 0 saturated heterocycles. The van der Waals surface area contributed by atoms with E-state index < -0.39 is 59.5 Å². The van der Waals surface area contributed by atoms with Gasteiger partial charge in [0.05, 0.1) is 17.6 Å². The van der Waals surface area contributed by atoms with Gasteiger partial charge in [-0.25, -0.2) is 8.78 Å². The van der Waals surface area contributed by atoms with Crippen molar-refractivity contribution in [1.29, 1.82) is 0 Å². The zero-order valence-electron chi connectivity index (χ0n) is 22.3. The zero-order chi connectivity index (χ0) is 30.2. The highest BCUT2D eigenvalue weighted by molar-refractivity contribution is 5.94. The van der Waals surface area contributed by atoms with E-state index in [4.69, 9.17) is 5.73 Å². The number of aliphatic hydroxyl groups excluding tert-OH is 1. The highest BCUT2D eigenvalue weighted by Crippen LogP contribution is 2.31. The van der Waals surface area contributed by atoms with Crippen LogP contribution in [0.3, 0.4) is 0 Å². The predicted molar refractivity (Wildman–Crippen MR) is 144 cm³/mol. The molecule has 0 aromatic heterocycles. The molecule has 0 fully saturated rings. The number of nitrogens with two attached hydrogens (primary N) is 1. The summed E-state index contributed by atoms with van der Waals surface area (Å²) in [5.74, 6) is -5.87. The molecule has 3 aromatic carbocycles. The molecule has 11 heteroatoms. The molecule has 0 spiro atoms. The molecule has 0 heterocycles. The number of hydrogen-bond acceptors (Lipinski definition) is 4. The Balaban J connectivity index is 1.79. The monoisotopic (exact) mass is 577 g/mol. The van der Waals surface area contributed by atoms with Gasteiger partial charge in [-0.2, -0.15) is 13.2 Å². The van der Waals surface area contributed by atoms with Crippen molar-refractivity contribution in [3.8, 4) is 0 Å². The van der Waals surface area contributed by atoms with E-state index in [-0.39, 0.29) is 24.2 Å². The largest absolute Gasteiger partial charge is 0.416 e. The lowest BCUT2D eigenvalue weighted by atomic mass is 9.80. The quantitative estimate of drug-likeness (QED) is 0.215. The fraction of sp³-hybridized carbons (Fsp3) is 0.333. The van der Waals surface area contributed by atoms with Crippen molar-refractivity contribution in [3.63, 3.8) is 0 Å². The van der Waals surface area contributed by atoms with Gasteiger partial charge in [-0.3, -0.25) is 9.59 Å². The predicted octanol–water partition coefficient (Wildman–Crippen LogP) is 4.99. The molecule has 0 radical (unpaired) electrons. The lowest BCUT2D eigenvalue weighted by Crippen LogP contribution is -2.43. The van der Waals surface area contributed by atoms with Crippen molar-refractivity contribution in [3.05, 3.63) is 101 Å². The first kappa shape index (κ1) is 31.7. The van der Waals surface area contributed by atoms with Crippen LogP contribution in [0.2, 0.25) is 0 Å². The van der Waals surface area contributed by atoms with E-state index in [2.05, 4.69) is 10.6 Å². The van der Waals surface area contributed by atoms with Crippen LogP contribution in [0.4, 0.5) is 27.6 Å². The van der Waals surface area contributed by atoms with Crippen molar-refractivity contribution in [2.75, 3.05) is 11.9 Å². The summed E-state index contributed by atoms with van der Waals surface area (Å²) in [5, 5.41) is 16.5. The molecular weight excluding hydrogens is 545 g/mol. The van der Waals surface area contributed by atoms with Gasteiger partial charge in [-0.05, 0) is 59.9 Å². The molecule has 2 amide bonds.